The molecule has 0 fully saturated rings. The van der Waals surface area contributed by atoms with Crippen LogP contribution in [0.3, 0.4) is 0 Å². The zero-order valence-corrected chi connectivity index (χ0v) is 24.9. The largest absolute Gasteiger partial charge is 0.507 e. The van der Waals surface area contributed by atoms with Crippen molar-refractivity contribution < 1.29 is 9.84 Å². The van der Waals surface area contributed by atoms with Crippen LogP contribution in [0.15, 0.2) is 38.3 Å². The summed E-state index contributed by atoms with van der Waals surface area (Å²) in [5.41, 5.74) is 7.55. The molecule has 0 saturated carbocycles. The van der Waals surface area contributed by atoms with E-state index >= 15 is 0 Å². The summed E-state index contributed by atoms with van der Waals surface area (Å²) >= 11 is 9.55. The molecule has 0 radical (unpaired) electrons. The third kappa shape index (κ3) is 7.51. The second kappa shape index (κ2) is 11.2. The third-order valence-electron chi connectivity index (χ3n) is 4.62. The number of aromatic hydroxyl groups is 1. The van der Waals surface area contributed by atoms with E-state index in [1.54, 1.807) is 19.5 Å². The molecule has 0 aliphatic rings. The number of phenols is 1. The van der Waals surface area contributed by atoms with Crippen LogP contribution in [0, 0.1) is 0 Å². The van der Waals surface area contributed by atoms with Crippen LogP contribution in [0.25, 0.3) is 0 Å². The number of nitrogens with one attached hydrogen (secondary N) is 1. The molecule has 2 heterocycles. The lowest BCUT2D eigenvalue weighted by Crippen LogP contribution is -2.17. The number of hydrogen-bond donors (Lipinski definition) is 3. The number of methoxy groups -OCH3 is 1. The Balaban J connectivity index is 0.000000379. The summed E-state index contributed by atoms with van der Waals surface area (Å²) < 4.78 is 7.14. The maximum Gasteiger partial charge on any atom is 0.258 e. The van der Waals surface area contributed by atoms with E-state index in [0.29, 0.717) is 37.1 Å². The monoisotopic (exact) mass is 658 g/mol. The van der Waals surface area contributed by atoms with E-state index in [1.165, 1.54) is 0 Å². The lowest BCUT2D eigenvalue weighted by Gasteiger charge is -2.28. The number of phenolic OH excluding ortho intramolecular Hbond substituents is 1. The average Bonchev–Trinajstić information content (AvgIpc) is 2.72. The summed E-state index contributed by atoms with van der Waals surface area (Å²) in [6, 6.07) is 3.90. The van der Waals surface area contributed by atoms with Gasteiger partial charge in [-0.25, -0.2) is 19.9 Å². The number of hydrogen-bond acceptors (Lipinski definition) is 8. The Morgan fingerprint density at radius 2 is 1.38 bits per heavy atom. The highest BCUT2D eigenvalue weighted by atomic mass is 79.9. The SMILES string of the molecule is COc1nc(Br)cnc1Nc1cc(C(C)(C)C)c(O)c(C(C)(C)C)c1.Nc1ncc(Br)nc1Br. The molecule has 0 aliphatic heterocycles. The summed E-state index contributed by atoms with van der Waals surface area (Å²) in [6.07, 6.45) is 3.15. The molecule has 0 bridgehead atoms. The smallest absolute Gasteiger partial charge is 0.258 e. The highest BCUT2D eigenvalue weighted by Crippen LogP contribution is 2.41. The van der Waals surface area contributed by atoms with Gasteiger partial charge in [-0.2, -0.15) is 0 Å². The molecule has 184 valence electrons. The fraction of sp³-hybridized carbons (Fsp3) is 0.391. The van der Waals surface area contributed by atoms with Crippen LogP contribution in [0.2, 0.25) is 0 Å². The van der Waals surface area contributed by atoms with Crippen molar-refractivity contribution in [2.75, 3.05) is 18.2 Å². The van der Waals surface area contributed by atoms with Crippen LogP contribution in [0.5, 0.6) is 11.6 Å². The maximum absolute atomic E-state index is 10.8. The minimum atomic E-state index is -0.197. The lowest BCUT2D eigenvalue weighted by atomic mass is 9.79. The minimum Gasteiger partial charge on any atom is -0.507 e. The Labute approximate surface area is 225 Å². The Bertz CT molecular complexity index is 1130. The van der Waals surface area contributed by atoms with E-state index in [1.807, 2.05) is 12.1 Å². The number of nitrogens with zero attached hydrogens (tertiary/aromatic N) is 4. The fourth-order valence-corrected chi connectivity index (χ4v) is 4.00. The highest BCUT2D eigenvalue weighted by Gasteiger charge is 2.27. The van der Waals surface area contributed by atoms with E-state index in [0.717, 1.165) is 16.8 Å². The van der Waals surface area contributed by atoms with Crippen LogP contribution in [-0.2, 0) is 10.8 Å². The van der Waals surface area contributed by atoms with Gasteiger partial charge in [0.25, 0.3) is 5.88 Å². The zero-order valence-electron chi connectivity index (χ0n) is 20.2. The first-order valence-electron chi connectivity index (χ1n) is 10.3. The van der Waals surface area contributed by atoms with Crippen LogP contribution in [0.1, 0.15) is 52.7 Å². The van der Waals surface area contributed by atoms with Crippen molar-refractivity contribution in [3.8, 4) is 11.6 Å². The van der Waals surface area contributed by atoms with Crippen molar-refractivity contribution >= 4 is 65.1 Å². The Morgan fingerprint density at radius 1 is 0.882 bits per heavy atom. The highest BCUT2D eigenvalue weighted by molar-refractivity contribution is 9.11. The van der Waals surface area contributed by atoms with Crippen LogP contribution in [0.4, 0.5) is 17.3 Å². The van der Waals surface area contributed by atoms with Gasteiger partial charge in [0.05, 0.1) is 19.5 Å². The van der Waals surface area contributed by atoms with Gasteiger partial charge in [0, 0.05) is 16.8 Å². The van der Waals surface area contributed by atoms with E-state index in [-0.39, 0.29) is 10.8 Å². The maximum atomic E-state index is 10.8. The van der Waals surface area contributed by atoms with Gasteiger partial charge in [0.2, 0.25) is 0 Å². The molecule has 11 heteroatoms. The fourth-order valence-electron chi connectivity index (χ4n) is 2.92. The predicted molar refractivity (Wildman–Crippen MR) is 147 cm³/mol. The van der Waals surface area contributed by atoms with Gasteiger partial charge in [-0.3, -0.25) is 0 Å². The number of rotatable bonds is 3. The lowest BCUT2D eigenvalue weighted by molar-refractivity contribution is 0.397. The molecule has 3 rings (SSSR count). The standard InChI is InChI=1S/C19H26BrN3O2.C4H3Br2N3/c1-18(2,3)12-8-11(9-13(15(12)24)19(4,5)6)22-16-17(25-7)23-14(20)10-21-16;5-2-1-8-4(7)3(6)9-2/h8-10,24H,1-7H3,(H,21,22);1H,(H2,7,8). The van der Waals surface area contributed by atoms with Gasteiger partial charge in [0.1, 0.15) is 19.6 Å². The topological polar surface area (TPSA) is 119 Å². The molecule has 0 unspecified atom stereocenters. The number of benzene rings is 1. The van der Waals surface area contributed by atoms with Crippen LogP contribution < -0.4 is 15.8 Å². The molecular formula is C23H29Br3N6O2. The van der Waals surface area contributed by atoms with Crippen LogP contribution in [-0.4, -0.2) is 32.2 Å². The molecule has 8 nitrogen and oxygen atoms in total. The Kier molecular flexibility index (Phi) is 9.29. The van der Waals surface area contributed by atoms with Gasteiger partial charge >= 0.3 is 0 Å². The first kappa shape index (κ1) is 28.3. The average molecular weight is 661 g/mol. The normalized spacial score (nSPS) is 11.5. The Hall–Kier alpha value is -1.98. The van der Waals surface area contributed by atoms with E-state index in [2.05, 4.69) is 115 Å². The van der Waals surface area contributed by atoms with Crippen molar-refractivity contribution in [3.05, 3.63) is 49.5 Å². The Morgan fingerprint density at radius 3 is 1.82 bits per heavy atom. The molecule has 0 spiro atoms. The van der Waals surface area contributed by atoms with Crippen LogP contribution >= 0.6 is 47.8 Å². The number of anilines is 3. The number of nitrogen functional groups attached to an aromatic ring is 1. The summed E-state index contributed by atoms with van der Waals surface area (Å²) in [5, 5.41) is 14.1. The van der Waals surface area contributed by atoms with Gasteiger partial charge in [0.15, 0.2) is 11.6 Å². The number of ether oxygens (including phenoxy) is 1. The number of halogens is 3. The van der Waals surface area contributed by atoms with Crippen molar-refractivity contribution in [2.24, 2.45) is 0 Å². The second-order valence-electron chi connectivity index (χ2n) is 9.46. The van der Waals surface area contributed by atoms with Gasteiger partial charge in [-0.05, 0) is 70.8 Å². The molecule has 0 saturated heterocycles. The molecular weight excluding hydrogens is 632 g/mol. The van der Waals surface area contributed by atoms with Gasteiger partial charge < -0.3 is 20.9 Å². The molecule has 0 atom stereocenters. The molecule has 3 aromatic rings. The van der Waals surface area contributed by atoms with E-state index in [9.17, 15) is 5.11 Å². The summed E-state index contributed by atoms with van der Waals surface area (Å²) in [7, 11) is 1.56. The summed E-state index contributed by atoms with van der Waals surface area (Å²) in [5.74, 6) is 1.67. The number of aromatic nitrogens is 4. The molecule has 1 aromatic carbocycles. The van der Waals surface area contributed by atoms with Crippen molar-refractivity contribution in [3.63, 3.8) is 0 Å². The van der Waals surface area contributed by atoms with Gasteiger partial charge in [-0.1, -0.05) is 41.5 Å². The van der Waals surface area contributed by atoms with Crippen molar-refractivity contribution in [1.82, 2.24) is 19.9 Å². The molecule has 34 heavy (non-hydrogen) atoms. The molecule has 4 N–H and O–H groups in total. The zero-order chi connectivity index (χ0) is 25.8. The first-order chi connectivity index (χ1) is 15.6. The van der Waals surface area contributed by atoms with Gasteiger partial charge in [-0.15, -0.1) is 0 Å². The summed E-state index contributed by atoms with van der Waals surface area (Å²) in [6.45, 7) is 12.5. The quantitative estimate of drug-likeness (QED) is 0.260. The third-order valence-corrected chi connectivity index (χ3v) is 5.97. The molecule has 2 aromatic heterocycles. The molecule has 0 amide bonds. The predicted octanol–water partition coefficient (Wildman–Crippen LogP) is 6.88. The summed E-state index contributed by atoms with van der Waals surface area (Å²) in [4.78, 5) is 16.3. The second-order valence-corrected chi connectivity index (χ2v) is 11.8. The van der Waals surface area contributed by atoms with E-state index in [4.69, 9.17) is 10.5 Å². The first-order valence-corrected chi connectivity index (χ1v) is 12.7. The number of nitrogens with two attached hydrogens (primary N) is 1. The molecule has 0 aliphatic carbocycles. The van der Waals surface area contributed by atoms with Crippen molar-refractivity contribution in [1.29, 1.82) is 0 Å². The van der Waals surface area contributed by atoms with E-state index < -0.39 is 0 Å². The van der Waals surface area contributed by atoms with Crippen molar-refractivity contribution in [2.45, 2.75) is 52.4 Å². The minimum absolute atomic E-state index is 0.197.